The molecule has 0 radical (unpaired) electrons. The number of benzene rings is 1. The summed E-state index contributed by atoms with van der Waals surface area (Å²) in [5, 5.41) is 39.6. The fourth-order valence-corrected chi connectivity index (χ4v) is 17.6. The summed E-state index contributed by atoms with van der Waals surface area (Å²) in [4.78, 5) is 31.8. The number of hydrogen-bond acceptors (Lipinski definition) is 8. The molecule has 0 bridgehead atoms. The van der Waals surface area contributed by atoms with Crippen LogP contribution in [0.1, 0.15) is 139 Å². The van der Waals surface area contributed by atoms with E-state index < -0.39 is 0 Å². The molecular formula is C58H62N4O2S2. The van der Waals surface area contributed by atoms with Crippen molar-refractivity contribution in [2.24, 2.45) is 71.0 Å². The van der Waals surface area contributed by atoms with Crippen molar-refractivity contribution in [3.63, 3.8) is 0 Å². The Bertz CT molecular complexity index is 2890. The highest BCUT2D eigenvalue weighted by atomic mass is 32.1. The van der Waals surface area contributed by atoms with Crippen LogP contribution < -0.4 is 0 Å². The zero-order valence-electron chi connectivity index (χ0n) is 40.7. The fourth-order valence-electron chi connectivity index (χ4n) is 14.9. The van der Waals surface area contributed by atoms with Gasteiger partial charge in [0.1, 0.15) is 47.0 Å². The Morgan fingerprint density at radius 2 is 0.955 bits per heavy atom. The molecule has 0 saturated heterocycles. The van der Waals surface area contributed by atoms with Crippen molar-refractivity contribution in [3.05, 3.63) is 82.1 Å². The third-order valence-corrected chi connectivity index (χ3v) is 21.2. The third-order valence-electron chi connectivity index (χ3n) is 18.3. The number of rotatable bonds is 2. The molecule has 12 unspecified atom stereocenters. The van der Waals surface area contributed by atoms with E-state index in [1.54, 1.807) is 11.3 Å². The lowest BCUT2D eigenvalue weighted by Crippen LogP contribution is -2.46. The second-order valence-corrected chi connectivity index (χ2v) is 23.8. The van der Waals surface area contributed by atoms with Crippen LogP contribution in [0.15, 0.2) is 16.7 Å². The summed E-state index contributed by atoms with van der Waals surface area (Å²) in [5.74, 6) is 6.79. The molecule has 0 amide bonds. The van der Waals surface area contributed by atoms with Crippen molar-refractivity contribution in [1.82, 2.24) is 0 Å². The van der Waals surface area contributed by atoms with E-state index in [4.69, 9.17) is 0 Å². The van der Waals surface area contributed by atoms with Gasteiger partial charge in [-0.1, -0.05) is 46.6 Å². The van der Waals surface area contributed by atoms with Gasteiger partial charge < -0.3 is 0 Å². The highest BCUT2D eigenvalue weighted by Gasteiger charge is 2.66. The van der Waals surface area contributed by atoms with Gasteiger partial charge in [0.25, 0.3) is 0 Å². The molecule has 12 atom stereocenters. The molecule has 3 aromatic rings. The Kier molecular flexibility index (Phi) is 11.8. The molecule has 66 heavy (non-hydrogen) atoms. The quantitative estimate of drug-likeness (QED) is 0.235. The van der Waals surface area contributed by atoms with Gasteiger partial charge in [-0.25, -0.2) is 0 Å². The van der Waals surface area contributed by atoms with Gasteiger partial charge in [-0.2, -0.15) is 21.0 Å². The highest BCUT2D eigenvalue weighted by Crippen LogP contribution is 2.65. The van der Waals surface area contributed by atoms with Gasteiger partial charge in [0.2, 0.25) is 0 Å². The number of fused-ring (bicyclic) bond motifs is 8. The van der Waals surface area contributed by atoms with Crippen molar-refractivity contribution in [2.45, 2.75) is 122 Å². The Morgan fingerprint density at radius 3 is 1.42 bits per heavy atom. The van der Waals surface area contributed by atoms with Crippen LogP contribution in [0.3, 0.4) is 0 Å². The van der Waals surface area contributed by atoms with Crippen LogP contribution in [-0.4, -0.2) is 11.6 Å². The molecule has 5 fully saturated rings. The third kappa shape index (κ3) is 6.60. The number of hydrogen-bond donors (Lipinski definition) is 0. The van der Waals surface area contributed by atoms with Gasteiger partial charge >= 0.3 is 0 Å². The lowest BCUT2D eigenvalue weighted by atomic mass is 9.55. The first-order valence-corrected chi connectivity index (χ1v) is 26.0. The summed E-state index contributed by atoms with van der Waals surface area (Å²) in [6.07, 6.45) is 11.4. The molecule has 0 aliphatic heterocycles. The molecule has 5 saturated carbocycles. The Morgan fingerprint density at radius 1 is 0.530 bits per heavy atom. The predicted octanol–water partition coefficient (Wildman–Crippen LogP) is 14.2. The summed E-state index contributed by atoms with van der Waals surface area (Å²) in [6, 6.07) is 8.48. The van der Waals surface area contributed by atoms with Crippen molar-refractivity contribution in [2.75, 3.05) is 0 Å². The number of thiophene rings is 2. The molecule has 1 aromatic carbocycles. The Hall–Kier alpha value is -5.12. The Balaban J connectivity index is 0.000000181. The van der Waals surface area contributed by atoms with Crippen LogP contribution in [0.4, 0.5) is 0 Å². The minimum absolute atomic E-state index is 0.0858. The van der Waals surface area contributed by atoms with Crippen molar-refractivity contribution in [1.29, 1.82) is 21.0 Å². The Labute approximate surface area is 400 Å². The summed E-state index contributed by atoms with van der Waals surface area (Å²) < 4.78 is 0. The van der Waals surface area contributed by atoms with Crippen molar-refractivity contribution >= 4 is 63.1 Å². The molecular weight excluding hydrogens is 849 g/mol. The van der Waals surface area contributed by atoms with Gasteiger partial charge in [-0.3, -0.25) is 9.59 Å². The molecule has 10 rings (SSSR count). The van der Waals surface area contributed by atoms with E-state index in [0.717, 1.165) is 67.8 Å². The summed E-state index contributed by atoms with van der Waals surface area (Å²) in [5.41, 5.74) is 13.8. The number of ketones is 2. The van der Waals surface area contributed by atoms with Crippen LogP contribution >= 0.6 is 22.7 Å². The SMILES string of the molecule is CC1=Cc2c(C)c3c(c(C)c2C1=C(C#N)C#N)C=C(c1sc(-c2sc(C)c(C)c2C)c(C)c1C)C3=C(C#N)C#N.CC1CCC2C(C1)C(=O)C1C(C)C3C4CCC(C)CC4C(=O)C3C(C)C21. The number of carbonyl (C=O) groups is 2. The zero-order valence-corrected chi connectivity index (χ0v) is 42.4. The summed E-state index contributed by atoms with van der Waals surface area (Å²) in [7, 11) is 0. The smallest absolute Gasteiger partial charge is 0.139 e. The molecule has 2 heterocycles. The van der Waals surface area contributed by atoms with E-state index in [1.807, 2.05) is 38.2 Å². The average Bonchev–Trinajstić information content (AvgIpc) is 4.12. The molecule has 6 nitrogen and oxygen atoms in total. The van der Waals surface area contributed by atoms with Crippen LogP contribution in [0.25, 0.3) is 38.6 Å². The van der Waals surface area contributed by atoms with Gasteiger partial charge in [-0.05, 0) is 196 Å². The lowest BCUT2D eigenvalue weighted by molar-refractivity contribution is -0.134. The zero-order chi connectivity index (χ0) is 47.5. The minimum Gasteiger partial charge on any atom is -0.299 e. The van der Waals surface area contributed by atoms with E-state index in [2.05, 4.69) is 92.7 Å². The predicted molar refractivity (Wildman–Crippen MR) is 267 cm³/mol. The molecule has 7 aliphatic carbocycles. The maximum Gasteiger partial charge on any atom is 0.139 e. The highest BCUT2D eigenvalue weighted by molar-refractivity contribution is 7.23. The monoisotopic (exact) mass is 910 g/mol. The molecule has 0 spiro atoms. The van der Waals surface area contributed by atoms with Gasteiger partial charge in [0.15, 0.2) is 0 Å². The van der Waals surface area contributed by atoms with Gasteiger partial charge in [-0.15, -0.1) is 22.7 Å². The molecule has 0 N–H and O–H groups in total. The molecule has 2 aromatic heterocycles. The van der Waals surface area contributed by atoms with E-state index >= 15 is 0 Å². The number of nitrogens with zero attached hydrogens (tertiary/aromatic N) is 4. The first kappa shape index (κ1) is 46.0. The largest absolute Gasteiger partial charge is 0.299 e. The number of Topliss-reactive ketones (excluding diaryl/α,β-unsaturated/α-hetero) is 2. The second-order valence-electron chi connectivity index (χ2n) is 21.5. The van der Waals surface area contributed by atoms with Crippen LogP contribution in [0, 0.1) is 165 Å². The van der Waals surface area contributed by atoms with Gasteiger partial charge in [0.05, 0.1) is 0 Å². The second kappa shape index (κ2) is 16.9. The number of nitriles is 4. The van der Waals surface area contributed by atoms with E-state index in [1.165, 1.54) is 57.0 Å². The van der Waals surface area contributed by atoms with Crippen LogP contribution in [-0.2, 0) is 9.59 Å². The van der Waals surface area contributed by atoms with E-state index in [9.17, 15) is 30.6 Å². The summed E-state index contributed by atoms with van der Waals surface area (Å²) >= 11 is 3.53. The fraction of sp³-hybridized carbons (Fsp3) is 0.517. The van der Waals surface area contributed by atoms with E-state index in [-0.39, 0.29) is 23.0 Å². The van der Waals surface area contributed by atoms with Crippen LogP contribution in [0.2, 0.25) is 0 Å². The van der Waals surface area contributed by atoms with E-state index in [0.29, 0.717) is 81.9 Å². The number of carbonyl (C=O) groups excluding carboxylic acids is 2. The average molecular weight is 911 g/mol. The number of aryl methyl sites for hydroxylation is 1. The molecule has 338 valence electrons. The standard InChI is InChI=1S/C34H26N4S2.C24H36O2/c1-15-9-25-20(6)30-26(21(7)29(25)28(15)23(11-35)12-36)10-27(31(30)24(13-37)14-38)32-18(4)19(5)34(40-32)33-17(3)16(2)22(8)39-33;1-11-5-7-15-17(9-11)23(25)21-14(4)20-16-8-6-12(2)10-18(16)24(26)22(20)13(3)19(15)21/h9-10H,1-8H3;11-22H,5-10H2,1-4H3. The molecule has 8 heteroatoms. The molecule has 7 aliphatic rings. The number of allylic oxidation sites excluding steroid dienone is 6. The lowest BCUT2D eigenvalue weighted by Gasteiger charge is -2.47. The summed E-state index contributed by atoms with van der Waals surface area (Å²) in [6.45, 7) is 26.0. The minimum atomic E-state index is 0.0858. The maximum absolute atomic E-state index is 13.5. The normalized spacial score (nSPS) is 31.1. The first-order chi connectivity index (χ1) is 31.4. The van der Waals surface area contributed by atoms with Crippen molar-refractivity contribution < 1.29 is 9.59 Å². The maximum atomic E-state index is 13.5. The van der Waals surface area contributed by atoms with Crippen molar-refractivity contribution in [3.8, 4) is 34.0 Å². The van der Waals surface area contributed by atoms with Gasteiger partial charge in [0, 0.05) is 59.9 Å². The first-order valence-electron chi connectivity index (χ1n) is 24.3. The topological polar surface area (TPSA) is 129 Å². The van der Waals surface area contributed by atoms with Crippen LogP contribution in [0.5, 0.6) is 0 Å².